The topological polar surface area (TPSA) is 46.5 Å². The first-order chi connectivity index (χ1) is 11.2. The van der Waals surface area contributed by atoms with Gasteiger partial charge in [0.25, 0.3) is 0 Å². The largest absolute Gasteiger partial charge is 0.503 e. The SMILES string of the molecule is COc1cc(/C=C/C(=O)c2ccccc2C(F)(F)F)cc(Cl)c1O. The number of aromatic hydroxyl groups is 1. The van der Waals surface area contributed by atoms with Gasteiger partial charge in [0.05, 0.1) is 17.7 Å². The fraction of sp³-hybridized carbons (Fsp3) is 0.118. The summed E-state index contributed by atoms with van der Waals surface area (Å²) in [5.41, 5.74) is -1.05. The Hall–Kier alpha value is -2.47. The molecule has 0 radical (unpaired) electrons. The number of benzene rings is 2. The highest BCUT2D eigenvalue weighted by Crippen LogP contribution is 2.35. The van der Waals surface area contributed by atoms with Gasteiger partial charge in [-0.3, -0.25) is 4.79 Å². The van der Waals surface area contributed by atoms with Crippen LogP contribution in [0.4, 0.5) is 13.2 Å². The van der Waals surface area contributed by atoms with E-state index < -0.39 is 23.1 Å². The third kappa shape index (κ3) is 3.89. The van der Waals surface area contributed by atoms with E-state index >= 15 is 0 Å². The predicted molar refractivity (Wildman–Crippen MR) is 84.5 cm³/mol. The first-order valence-electron chi connectivity index (χ1n) is 6.69. The molecule has 0 amide bonds. The summed E-state index contributed by atoms with van der Waals surface area (Å²) in [6, 6.07) is 7.30. The van der Waals surface area contributed by atoms with E-state index in [0.717, 1.165) is 18.2 Å². The number of methoxy groups -OCH3 is 1. The molecular formula is C17H12ClF3O3. The fourth-order valence-electron chi connectivity index (χ4n) is 2.05. The van der Waals surface area contributed by atoms with Crippen molar-refractivity contribution in [3.63, 3.8) is 0 Å². The van der Waals surface area contributed by atoms with E-state index in [-0.39, 0.29) is 16.5 Å². The van der Waals surface area contributed by atoms with E-state index in [1.807, 2.05) is 0 Å². The van der Waals surface area contributed by atoms with Gasteiger partial charge in [0, 0.05) is 5.56 Å². The van der Waals surface area contributed by atoms with Crippen LogP contribution in [-0.4, -0.2) is 18.0 Å². The average Bonchev–Trinajstić information content (AvgIpc) is 2.54. The Bertz CT molecular complexity index is 798. The molecule has 1 N–H and O–H groups in total. The third-order valence-corrected chi connectivity index (χ3v) is 3.48. The number of hydrogen-bond acceptors (Lipinski definition) is 3. The van der Waals surface area contributed by atoms with Crippen molar-refractivity contribution in [2.24, 2.45) is 0 Å². The molecule has 0 atom stereocenters. The lowest BCUT2D eigenvalue weighted by molar-refractivity contribution is -0.137. The van der Waals surface area contributed by atoms with Gasteiger partial charge >= 0.3 is 6.18 Å². The lowest BCUT2D eigenvalue weighted by atomic mass is 10.0. The van der Waals surface area contributed by atoms with Crippen LogP contribution >= 0.6 is 11.6 Å². The van der Waals surface area contributed by atoms with E-state index in [0.29, 0.717) is 5.56 Å². The smallest absolute Gasteiger partial charge is 0.417 e. The molecule has 0 heterocycles. The maximum atomic E-state index is 12.9. The second kappa shape index (κ2) is 6.97. The second-order valence-corrected chi connectivity index (χ2v) is 5.20. The van der Waals surface area contributed by atoms with Crippen LogP contribution in [0.2, 0.25) is 5.02 Å². The number of allylic oxidation sites excluding steroid dienone is 1. The molecule has 24 heavy (non-hydrogen) atoms. The molecule has 0 saturated heterocycles. The van der Waals surface area contributed by atoms with Crippen LogP contribution in [0.15, 0.2) is 42.5 Å². The Balaban J connectivity index is 2.34. The van der Waals surface area contributed by atoms with Gasteiger partial charge in [0.2, 0.25) is 0 Å². The minimum absolute atomic E-state index is 0.00265. The molecule has 7 heteroatoms. The molecule has 126 valence electrons. The molecule has 2 aromatic carbocycles. The highest BCUT2D eigenvalue weighted by atomic mass is 35.5. The van der Waals surface area contributed by atoms with Crippen molar-refractivity contribution < 1.29 is 27.8 Å². The van der Waals surface area contributed by atoms with Crippen molar-refractivity contribution in [3.8, 4) is 11.5 Å². The first kappa shape index (κ1) is 17.9. The maximum Gasteiger partial charge on any atom is 0.417 e. The standard InChI is InChI=1S/C17H12ClF3O3/c1-24-15-9-10(8-13(18)16(15)23)6-7-14(22)11-4-2-3-5-12(11)17(19,20)21/h2-9,23H,1H3/b7-6+. The van der Waals surface area contributed by atoms with E-state index in [4.69, 9.17) is 16.3 Å². The van der Waals surface area contributed by atoms with Crippen molar-refractivity contribution in [1.82, 2.24) is 0 Å². The molecule has 2 aromatic rings. The van der Waals surface area contributed by atoms with Crippen LogP contribution < -0.4 is 4.74 Å². The normalized spacial score (nSPS) is 11.7. The molecule has 0 aliphatic carbocycles. The van der Waals surface area contributed by atoms with Gasteiger partial charge in [-0.05, 0) is 29.8 Å². The Morgan fingerprint density at radius 2 is 1.92 bits per heavy atom. The molecule has 0 spiro atoms. The number of ketones is 1. The van der Waals surface area contributed by atoms with Gasteiger partial charge in [-0.25, -0.2) is 0 Å². The summed E-state index contributed by atoms with van der Waals surface area (Å²) in [5.74, 6) is -0.971. The quantitative estimate of drug-likeness (QED) is 0.621. The third-order valence-electron chi connectivity index (χ3n) is 3.20. The summed E-state index contributed by atoms with van der Waals surface area (Å²) in [7, 11) is 1.32. The number of hydrogen-bond donors (Lipinski definition) is 1. The van der Waals surface area contributed by atoms with Crippen LogP contribution in [0.25, 0.3) is 6.08 Å². The molecule has 0 aliphatic rings. The summed E-state index contributed by atoms with van der Waals surface area (Å²) in [6.07, 6.45) is -2.32. The van der Waals surface area contributed by atoms with Gasteiger partial charge < -0.3 is 9.84 Å². The zero-order chi connectivity index (χ0) is 17.9. The van der Waals surface area contributed by atoms with Crippen LogP contribution in [0.5, 0.6) is 11.5 Å². The van der Waals surface area contributed by atoms with Crippen LogP contribution in [0.1, 0.15) is 21.5 Å². The summed E-state index contributed by atoms with van der Waals surface area (Å²) in [5, 5.41) is 9.63. The lowest BCUT2D eigenvalue weighted by Gasteiger charge is -2.10. The highest BCUT2D eigenvalue weighted by Gasteiger charge is 2.34. The number of phenolic OH excluding ortho intramolecular Hbond substituents is 1. The molecule has 0 fully saturated rings. The van der Waals surface area contributed by atoms with Gasteiger partial charge in [-0.15, -0.1) is 0 Å². The first-order valence-corrected chi connectivity index (χ1v) is 7.07. The predicted octanol–water partition coefficient (Wildman–Crippen LogP) is 4.97. The minimum atomic E-state index is -4.62. The fourth-order valence-corrected chi connectivity index (χ4v) is 2.27. The van der Waals surface area contributed by atoms with Gasteiger partial charge in [-0.2, -0.15) is 13.2 Å². The number of phenols is 1. The number of halogens is 4. The molecule has 2 rings (SSSR count). The molecule has 0 bridgehead atoms. The zero-order valence-corrected chi connectivity index (χ0v) is 13.2. The molecule has 3 nitrogen and oxygen atoms in total. The molecule has 0 saturated carbocycles. The number of alkyl halides is 3. The van der Waals surface area contributed by atoms with Gasteiger partial charge in [0.1, 0.15) is 0 Å². The van der Waals surface area contributed by atoms with E-state index in [9.17, 15) is 23.1 Å². The summed E-state index contributed by atoms with van der Waals surface area (Å²) in [6.45, 7) is 0. The summed E-state index contributed by atoms with van der Waals surface area (Å²) >= 11 is 5.82. The number of rotatable bonds is 4. The maximum absolute atomic E-state index is 12.9. The lowest BCUT2D eigenvalue weighted by Crippen LogP contribution is -2.11. The number of ether oxygens (including phenoxy) is 1. The Kier molecular flexibility index (Phi) is 5.19. The van der Waals surface area contributed by atoms with Crippen molar-refractivity contribution in [2.45, 2.75) is 6.18 Å². The Morgan fingerprint density at radius 1 is 1.25 bits per heavy atom. The van der Waals surface area contributed by atoms with Crippen molar-refractivity contribution >= 4 is 23.5 Å². The molecule has 0 unspecified atom stereocenters. The highest BCUT2D eigenvalue weighted by molar-refractivity contribution is 6.32. The van der Waals surface area contributed by atoms with E-state index in [1.165, 1.54) is 37.5 Å². The molecule has 0 aromatic heterocycles. The summed E-state index contributed by atoms with van der Waals surface area (Å²) < 4.78 is 43.7. The summed E-state index contributed by atoms with van der Waals surface area (Å²) in [4.78, 5) is 12.1. The van der Waals surface area contributed by atoms with Crippen LogP contribution in [0, 0.1) is 0 Å². The average molecular weight is 357 g/mol. The van der Waals surface area contributed by atoms with Gasteiger partial charge in [0.15, 0.2) is 17.3 Å². The Morgan fingerprint density at radius 3 is 2.54 bits per heavy atom. The van der Waals surface area contributed by atoms with Crippen molar-refractivity contribution in [1.29, 1.82) is 0 Å². The Labute approximate surface area is 140 Å². The van der Waals surface area contributed by atoms with Crippen LogP contribution in [0.3, 0.4) is 0 Å². The monoisotopic (exact) mass is 356 g/mol. The number of carbonyl (C=O) groups excluding carboxylic acids is 1. The molecule has 0 aliphatic heterocycles. The van der Waals surface area contributed by atoms with Gasteiger partial charge in [-0.1, -0.05) is 35.9 Å². The molecular weight excluding hydrogens is 345 g/mol. The zero-order valence-electron chi connectivity index (χ0n) is 12.4. The van der Waals surface area contributed by atoms with Crippen LogP contribution in [-0.2, 0) is 6.18 Å². The minimum Gasteiger partial charge on any atom is -0.503 e. The number of carbonyl (C=O) groups is 1. The van der Waals surface area contributed by atoms with E-state index in [2.05, 4.69) is 0 Å². The van der Waals surface area contributed by atoms with E-state index in [1.54, 1.807) is 0 Å². The second-order valence-electron chi connectivity index (χ2n) is 4.79. The van der Waals surface area contributed by atoms with Crippen molar-refractivity contribution in [2.75, 3.05) is 7.11 Å². The van der Waals surface area contributed by atoms with Crippen molar-refractivity contribution in [3.05, 3.63) is 64.2 Å².